The number of anilines is 2. The van der Waals surface area contributed by atoms with Gasteiger partial charge in [0.1, 0.15) is 11.9 Å². The van der Waals surface area contributed by atoms with Crippen LogP contribution in [0.15, 0.2) is 48.5 Å². The summed E-state index contributed by atoms with van der Waals surface area (Å²) < 4.78 is 44.1. The van der Waals surface area contributed by atoms with Crippen LogP contribution in [0.2, 0.25) is 0 Å². The van der Waals surface area contributed by atoms with Gasteiger partial charge in [-0.3, -0.25) is 29.4 Å². The van der Waals surface area contributed by atoms with Crippen LogP contribution >= 0.6 is 0 Å². The smallest absolute Gasteiger partial charge is 0.357 e. The number of rotatable bonds is 12. The molecule has 9 rings (SSSR count). The molecule has 0 bridgehead atoms. The number of pyridine rings is 1. The molecule has 2 aromatic carbocycles. The van der Waals surface area contributed by atoms with Crippen molar-refractivity contribution in [2.24, 2.45) is 17.8 Å². The first-order valence-corrected chi connectivity index (χ1v) is 24.6. The van der Waals surface area contributed by atoms with Crippen LogP contribution in [0.1, 0.15) is 127 Å². The monoisotopic (exact) mass is 936 g/mol. The van der Waals surface area contributed by atoms with E-state index in [1.165, 1.54) is 11.0 Å². The fourth-order valence-corrected chi connectivity index (χ4v) is 11.9. The van der Waals surface area contributed by atoms with Gasteiger partial charge in [0, 0.05) is 82.1 Å². The molecule has 4 amide bonds. The van der Waals surface area contributed by atoms with Crippen LogP contribution in [-0.4, -0.2) is 119 Å². The fourth-order valence-electron chi connectivity index (χ4n) is 11.9. The van der Waals surface area contributed by atoms with Crippen LogP contribution in [0.4, 0.5) is 24.7 Å². The maximum atomic E-state index is 14.7. The zero-order valence-electron chi connectivity index (χ0n) is 39.8. The van der Waals surface area contributed by atoms with E-state index in [9.17, 15) is 37.6 Å². The van der Waals surface area contributed by atoms with Crippen LogP contribution in [0.3, 0.4) is 0 Å². The Morgan fingerprint density at radius 2 is 1.56 bits per heavy atom. The highest BCUT2D eigenvalue weighted by molar-refractivity contribution is 6.10. The SMILES string of the molecule is CCC(C#N)Cc1cccc(N2Cc3c(cc(CN4CCC(CN5CCN(CC6CCN(c7ccc8c(n7)C(C)N(C7CCC(=O)NC7=O)C8=O)CC6)CC5)CC4(C)C)cc3C(F)(F)F)C2=O)c1. The van der Waals surface area contributed by atoms with Gasteiger partial charge in [-0.05, 0) is 137 Å². The number of imide groups is 1. The Balaban J connectivity index is 0.742. The first kappa shape index (κ1) is 47.7. The highest BCUT2D eigenvalue weighted by Crippen LogP contribution is 2.42. The minimum absolute atomic E-state index is 0.0194. The lowest BCUT2D eigenvalue weighted by molar-refractivity contribution is -0.139. The van der Waals surface area contributed by atoms with Gasteiger partial charge in [0.25, 0.3) is 11.8 Å². The zero-order valence-corrected chi connectivity index (χ0v) is 39.8. The van der Waals surface area contributed by atoms with Crippen molar-refractivity contribution < 1.29 is 32.3 Å². The molecule has 7 heterocycles. The molecule has 6 aliphatic rings. The molecule has 1 aromatic heterocycles. The molecule has 0 saturated carbocycles. The van der Waals surface area contributed by atoms with Gasteiger partial charge >= 0.3 is 6.18 Å². The normalized spacial score (nSPS) is 24.6. The van der Waals surface area contributed by atoms with E-state index in [0.717, 1.165) is 96.0 Å². The van der Waals surface area contributed by atoms with E-state index in [1.807, 2.05) is 38.1 Å². The summed E-state index contributed by atoms with van der Waals surface area (Å²) in [7, 11) is 0. The van der Waals surface area contributed by atoms with E-state index >= 15 is 0 Å². The Morgan fingerprint density at radius 3 is 2.22 bits per heavy atom. The molecular weight excluding hydrogens is 872 g/mol. The first-order valence-electron chi connectivity index (χ1n) is 24.6. The maximum Gasteiger partial charge on any atom is 0.416 e. The molecule has 4 saturated heterocycles. The molecular formula is C52H64F3N9O4. The number of aromatic nitrogens is 1. The lowest BCUT2D eigenvalue weighted by Crippen LogP contribution is -2.53. The Hall–Kier alpha value is -5.37. The van der Waals surface area contributed by atoms with Gasteiger partial charge in [-0.2, -0.15) is 18.4 Å². The predicted octanol–water partition coefficient (Wildman–Crippen LogP) is 7.20. The number of nitrogens with one attached hydrogen (secondary N) is 1. The van der Waals surface area contributed by atoms with Crippen molar-refractivity contribution in [2.45, 2.75) is 116 Å². The number of hydrogen-bond donors (Lipinski definition) is 1. The van der Waals surface area contributed by atoms with Crippen LogP contribution in [-0.2, 0) is 35.3 Å². The third-order valence-corrected chi connectivity index (χ3v) is 15.8. The van der Waals surface area contributed by atoms with Gasteiger partial charge in [0.15, 0.2) is 0 Å². The fraction of sp³-hybridized carbons (Fsp3) is 0.577. The molecule has 13 nitrogen and oxygen atoms in total. The van der Waals surface area contributed by atoms with Gasteiger partial charge in [-0.15, -0.1) is 0 Å². The number of fused-ring (bicyclic) bond motifs is 2. The largest absolute Gasteiger partial charge is 0.416 e. The van der Waals surface area contributed by atoms with E-state index in [2.05, 4.69) is 44.8 Å². The van der Waals surface area contributed by atoms with E-state index < -0.39 is 29.6 Å². The Labute approximate surface area is 397 Å². The Morgan fingerprint density at radius 1 is 0.853 bits per heavy atom. The second kappa shape index (κ2) is 19.2. The van der Waals surface area contributed by atoms with Crippen LogP contribution < -0.4 is 15.1 Å². The number of amides is 4. The summed E-state index contributed by atoms with van der Waals surface area (Å²) in [6, 6.07) is 15.2. The lowest BCUT2D eigenvalue weighted by Gasteiger charge is -2.47. The van der Waals surface area contributed by atoms with Crippen LogP contribution in [0.5, 0.6) is 0 Å². The summed E-state index contributed by atoms with van der Waals surface area (Å²) in [4.78, 5) is 69.3. The second-order valence-electron chi connectivity index (χ2n) is 20.7. The van der Waals surface area contributed by atoms with E-state index in [4.69, 9.17) is 4.98 Å². The molecule has 4 fully saturated rings. The minimum atomic E-state index is -4.61. The number of alkyl halides is 3. The molecule has 68 heavy (non-hydrogen) atoms. The van der Waals surface area contributed by atoms with E-state index in [0.29, 0.717) is 60.2 Å². The Bertz CT molecular complexity index is 2470. The van der Waals surface area contributed by atoms with Gasteiger partial charge in [-0.1, -0.05) is 19.1 Å². The third kappa shape index (κ3) is 9.76. The summed E-state index contributed by atoms with van der Waals surface area (Å²) >= 11 is 0. The average Bonchev–Trinajstić information content (AvgIpc) is 3.77. The number of piperidine rings is 3. The summed E-state index contributed by atoms with van der Waals surface area (Å²) in [5, 5.41) is 11.9. The summed E-state index contributed by atoms with van der Waals surface area (Å²) in [5.41, 5.74) is 2.28. The van der Waals surface area contributed by atoms with Gasteiger partial charge in [0.05, 0.1) is 41.4 Å². The van der Waals surface area contributed by atoms with Crippen molar-refractivity contribution in [3.8, 4) is 6.07 Å². The van der Waals surface area contributed by atoms with Crippen LogP contribution in [0.25, 0.3) is 0 Å². The van der Waals surface area contributed by atoms with Crippen molar-refractivity contribution in [1.82, 2.24) is 29.9 Å². The Kier molecular flexibility index (Phi) is 13.5. The number of nitriles is 1. The average molecular weight is 936 g/mol. The third-order valence-electron chi connectivity index (χ3n) is 15.8. The molecule has 1 N–H and O–H groups in total. The van der Waals surface area contributed by atoms with Crippen molar-refractivity contribution in [3.63, 3.8) is 0 Å². The topological polar surface area (TPSA) is 136 Å². The molecule has 6 aliphatic heterocycles. The molecule has 0 radical (unpaired) electrons. The molecule has 4 atom stereocenters. The molecule has 4 unspecified atom stereocenters. The van der Waals surface area contributed by atoms with Crippen LogP contribution in [0, 0.1) is 29.1 Å². The highest BCUT2D eigenvalue weighted by Gasteiger charge is 2.45. The minimum Gasteiger partial charge on any atom is -0.357 e. The number of nitrogens with zero attached hydrogens (tertiary/aromatic N) is 8. The molecule has 362 valence electrons. The molecule has 3 aromatic rings. The zero-order chi connectivity index (χ0) is 48.1. The molecule has 16 heteroatoms. The number of piperazine rings is 1. The lowest BCUT2D eigenvalue weighted by atomic mass is 9.81. The van der Waals surface area contributed by atoms with Crippen molar-refractivity contribution in [3.05, 3.63) is 87.6 Å². The number of hydrogen-bond acceptors (Lipinski definition) is 10. The standard InChI is InChI=1S/C52H64F3N9O4/c1-5-34(28-56)23-36-7-6-8-39(24-36)63-32-42-41(49(63)67)25-38(26-43(42)52(53,54)55)31-62-18-15-37(27-51(62,3)4)30-60-21-19-59(20-22-60)29-35-13-16-61(17-14-35)45-11-9-40-47(57-45)33(2)64(50(40)68)44-10-12-46(65)58-48(44)66/h6-9,11,24-26,33-35,37,44H,5,10,12-23,27,29-32H2,1-4H3,(H,58,65,66). The van der Waals surface area contributed by atoms with Crippen molar-refractivity contribution >= 4 is 35.1 Å². The van der Waals surface area contributed by atoms with Crippen molar-refractivity contribution in [1.29, 1.82) is 5.26 Å². The number of likely N-dealkylation sites (tertiary alicyclic amines) is 1. The summed E-state index contributed by atoms with van der Waals surface area (Å²) in [6.45, 7) is 17.1. The maximum absolute atomic E-state index is 14.7. The number of carbonyl (C=O) groups excluding carboxylic acids is 4. The highest BCUT2D eigenvalue weighted by atomic mass is 19.4. The molecule has 0 aliphatic carbocycles. The number of benzene rings is 2. The van der Waals surface area contributed by atoms with Gasteiger partial charge < -0.3 is 24.5 Å². The second-order valence-corrected chi connectivity index (χ2v) is 20.7. The van der Waals surface area contributed by atoms with Gasteiger partial charge in [0.2, 0.25) is 11.8 Å². The molecule has 0 spiro atoms. The summed E-state index contributed by atoms with van der Waals surface area (Å²) in [5.74, 6) is 0.372. The van der Waals surface area contributed by atoms with E-state index in [-0.39, 0.29) is 53.4 Å². The quantitative estimate of drug-likeness (QED) is 0.186. The first-order chi connectivity index (χ1) is 32.5. The number of carbonyl (C=O) groups is 4. The van der Waals surface area contributed by atoms with E-state index in [1.54, 1.807) is 23.1 Å². The predicted molar refractivity (Wildman–Crippen MR) is 252 cm³/mol. The van der Waals surface area contributed by atoms with Crippen molar-refractivity contribution in [2.75, 3.05) is 68.7 Å². The summed E-state index contributed by atoms with van der Waals surface area (Å²) in [6.07, 6.45) is 1.12. The number of halogens is 3. The van der Waals surface area contributed by atoms with Gasteiger partial charge in [-0.25, -0.2) is 4.98 Å².